The Morgan fingerprint density at radius 2 is 1.76 bits per heavy atom. The van der Waals surface area contributed by atoms with Crippen LogP contribution in [0.5, 0.6) is 0 Å². The highest BCUT2D eigenvalue weighted by Gasteiger charge is 2.27. The third-order valence-electron chi connectivity index (χ3n) is 3.21. The summed E-state index contributed by atoms with van der Waals surface area (Å²) >= 11 is 0. The number of rotatable bonds is 2. The van der Waals surface area contributed by atoms with Gasteiger partial charge in [-0.2, -0.15) is 0 Å². The zero-order valence-electron chi connectivity index (χ0n) is 11.5. The number of carbonyl (C=O) groups is 1. The largest absolute Gasteiger partial charge is 0.340 e. The number of fused-ring (bicyclic) bond motifs is 2. The van der Waals surface area contributed by atoms with E-state index in [0.29, 0.717) is 10.6 Å². The molecule has 0 bridgehead atoms. The molecule has 0 fully saturated rings. The Morgan fingerprint density at radius 3 is 2.43 bits per heavy atom. The van der Waals surface area contributed by atoms with Gasteiger partial charge in [0.1, 0.15) is 12.5 Å². The summed E-state index contributed by atoms with van der Waals surface area (Å²) in [6.45, 7) is 4.82. The molecule has 0 spiro atoms. The van der Waals surface area contributed by atoms with E-state index < -0.39 is 10.8 Å². The minimum Gasteiger partial charge on any atom is -0.340 e. The molecular weight excluding hydrogens is 288 g/mol. The molecule has 0 saturated carbocycles. The van der Waals surface area contributed by atoms with Gasteiger partial charge in [0, 0.05) is 6.54 Å². The topological polar surface area (TPSA) is 66.8 Å². The van der Waals surface area contributed by atoms with Crippen LogP contribution in [0.1, 0.15) is 6.92 Å². The predicted molar refractivity (Wildman–Crippen MR) is 82.8 cm³/mol. The van der Waals surface area contributed by atoms with Gasteiger partial charge in [0.25, 0.3) is 0 Å². The number of hydrogen-bond acceptors (Lipinski definition) is 5. The van der Waals surface area contributed by atoms with Crippen LogP contribution in [-0.4, -0.2) is 17.5 Å². The minimum absolute atomic E-state index is 0.308. The highest BCUT2D eigenvalue weighted by Crippen LogP contribution is 2.42. The van der Waals surface area contributed by atoms with Crippen molar-refractivity contribution in [3.63, 3.8) is 0 Å². The Balaban J connectivity index is 0.000000774. The first-order valence-corrected chi connectivity index (χ1v) is 7.46. The van der Waals surface area contributed by atoms with Crippen molar-refractivity contribution in [1.29, 1.82) is 0 Å². The summed E-state index contributed by atoms with van der Waals surface area (Å²) in [4.78, 5) is 22.2. The predicted octanol–water partition coefficient (Wildman–Crippen LogP) is 3.54. The Hall–Kier alpha value is -2.34. The summed E-state index contributed by atoms with van der Waals surface area (Å²) in [5.41, 5.74) is 2.15. The fourth-order valence-corrected chi connectivity index (χ4v) is 3.76. The van der Waals surface area contributed by atoms with E-state index in [1.54, 1.807) is 12.1 Å². The van der Waals surface area contributed by atoms with Crippen molar-refractivity contribution in [2.75, 3.05) is 11.4 Å². The van der Waals surface area contributed by atoms with E-state index in [0.717, 1.165) is 22.8 Å². The molecule has 21 heavy (non-hydrogen) atoms. The van der Waals surface area contributed by atoms with Crippen LogP contribution >= 0.6 is 0 Å². The molecule has 0 radical (unpaired) electrons. The molecule has 0 saturated heterocycles. The highest BCUT2D eigenvalue weighted by atomic mass is 32.2. The van der Waals surface area contributed by atoms with Gasteiger partial charge >= 0.3 is 0 Å². The van der Waals surface area contributed by atoms with Crippen LogP contribution < -0.4 is 4.90 Å². The molecule has 0 N–H and O–H groups in total. The zero-order chi connectivity index (χ0) is 15.4. The van der Waals surface area contributed by atoms with E-state index in [9.17, 15) is 9.12 Å². The normalized spacial score (nSPS) is 15.3. The molecule has 5 nitrogen and oxygen atoms in total. The maximum atomic E-state index is 12.6. The third-order valence-corrected chi connectivity index (χ3v) is 4.68. The smallest absolute Gasteiger partial charge is 0.109 e. The van der Waals surface area contributed by atoms with E-state index in [4.69, 9.17) is 4.79 Å². The lowest BCUT2D eigenvalue weighted by molar-refractivity contribution is -0.0979. The lowest BCUT2D eigenvalue weighted by Gasteiger charge is -2.31. The maximum Gasteiger partial charge on any atom is 0.109 e. The quantitative estimate of drug-likeness (QED) is 0.796. The average molecular weight is 302 g/mol. The van der Waals surface area contributed by atoms with Crippen molar-refractivity contribution < 1.29 is 9.00 Å². The first kappa shape index (κ1) is 15.1. The summed E-state index contributed by atoms with van der Waals surface area (Å²) < 4.78 is 12.6. The minimum atomic E-state index is -1.26. The molecule has 0 aliphatic carbocycles. The van der Waals surface area contributed by atoms with Crippen molar-refractivity contribution in [3.8, 4) is 0 Å². The molecule has 1 heterocycles. The van der Waals surface area contributed by atoms with Gasteiger partial charge in [0.05, 0.1) is 32.0 Å². The van der Waals surface area contributed by atoms with Crippen molar-refractivity contribution in [1.82, 2.24) is 0 Å². The van der Waals surface area contributed by atoms with Crippen LogP contribution in [0.4, 0.5) is 17.1 Å². The van der Waals surface area contributed by atoms with Gasteiger partial charge < -0.3 is 9.69 Å². The molecule has 0 amide bonds. The van der Waals surface area contributed by atoms with Gasteiger partial charge in [-0.25, -0.2) is 4.21 Å². The molecule has 0 aromatic heterocycles. The van der Waals surface area contributed by atoms with E-state index in [2.05, 4.69) is 10.1 Å². The Bertz CT molecular complexity index is 703. The number of nitroso groups, excluding NO2 is 1. The monoisotopic (exact) mass is 302 g/mol. The molecule has 1 aliphatic heterocycles. The fraction of sp³-hybridized carbons (Fsp3) is 0.133. The number of anilines is 2. The second-order valence-corrected chi connectivity index (χ2v) is 5.64. The number of carbonyl (C=O) groups excluding carboxylic acids is 1. The summed E-state index contributed by atoms with van der Waals surface area (Å²) in [6, 6.07) is 12.7. The first-order valence-electron chi connectivity index (χ1n) is 6.31. The van der Waals surface area contributed by atoms with E-state index >= 15 is 0 Å². The van der Waals surface area contributed by atoms with Crippen LogP contribution in [0.15, 0.2) is 57.4 Å². The van der Waals surface area contributed by atoms with Crippen LogP contribution in [0.25, 0.3) is 0 Å². The Morgan fingerprint density at radius 1 is 1.10 bits per heavy atom. The average Bonchev–Trinajstić information content (AvgIpc) is 2.57. The maximum absolute atomic E-state index is 12.6. The van der Waals surface area contributed by atoms with Crippen molar-refractivity contribution in [3.05, 3.63) is 47.4 Å². The van der Waals surface area contributed by atoms with Crippen LogP contribution in [-0.2, 0) is 15.6 Å². The fourth-order valence-electron chi connectivity index (χ4n) is 2.36. The molecule has 108 valence electrons. The number of nitrogens with zero attached hydrogens (tertiary/aromatic N) is 2. The lowest BCUT2D eigenvalue weighted by Crippen LogP contribution is -2.23. The third kappa shape index (κ3) is 2.50. The molecular formula is C15H14N2O3S. The van der Waals surface area contributed by atoms with Crippen molar-refractivity contribution in [2.24, 2.45) is 5.18 Å². The molecule has 1 atom stereocenters. The van der Waals surface area contributed by atoms with Crippen LogP contribution in [0, 0.1) is 4.91 Å². The first-order chi connectivity index (χ1) is 10.3. The second-order valence-electron chi connectivity index (χ2n) is 4.22. The summed E-state index contributed by atoms with van der Waals surface area (Å²) in [5, 5.41) is 2.92. The van der Waals surface area contributed by atoms with Crippen molar-refractivity contribution >= 4 is 34.7 Å². The van der Waals surface area contributed by atoms with Crippen LogP contribution in [0.2, 0.25) is 0 Å². The summed E-state index contributed by atoms with van der Waals surface area (Å²) in [7, 11) is -1.26. The van der Waals surface area contributed by atoms with Gasteiger partial charge in [0.15, 0.2) is 0 Å². The lowest BCUT2D eigenvalue weighted by atomic mass is 10.2. The van der Waals surface area contributed by atoms with Crippen LogP contribution in [0.3, 0.4) is 0 Å². The standard InChI is InChI=1S/C14H12N2O2S.CH2O/c1-2-16-11-5-3-4-6-13(11)19(18)14-9-10(15-17)7-8-12(14)16;1-2/h3-9H,2H2,1H3;1H2. The zero-order valence-corrected chi connectivity index (χ0v) is 12.3. The molecule has 3 rings (SSSR count). The molecule has 1 unspecified atom stereocenters. The molecule has 6 heteroatoms. The molecule has 2 aromatic rings. The molecule has 2 aromatic carbocycles. The molecule has 1 aliphatic rings. The second kappa shape index (κ2) is 6.41. The van der Waals surface area contributed by atoms with E-state index in [-0.39, 0.29) is 0 Å². The summed E-state index contributed by atoms with van der Waals surface area (Å²) in [5.74, 6) is 0. The van der Waals surface area contributed by atoms with Crippen molar-refractivity contribution in [2.45, 2.75) is 16.7 Å². The van der Waals surface area contributed by atoms with E-state index in [1.165, 1.54) is 0 Å². The number of para-hydroxylation sites is 1. The van der Waals surface area contributed by atoms with Gasteiger partial charge in [0.2, 0.25) is 0 Å². The number of hydrogen-bond donors (Lipinski definition) is 0. The van der Waals surface area contributed by atoms with Gasteiger partial charge in [-0.15, -0.1) is 4.91 Å². The van der Waals surface area contributed by atoms with E-state index in [1.807, 2.05) is 44.0 Å². The van der Waals surface area contributed by atoms with Gasteiger partial charge in [-0.1, -0.05) is 12.1 Å². The Labute approximate surface area is 125 Å². The number of benzene rings is 2. The SMILES string of the molecule is C=O.CCN1c2ccccc2S(=O)c2cc(N=O)ccc21. The van der Waals surface area contributed by atoms with Gasteiger partial charge in [-0.05, 0) is 42.4 Å². The highest BCUT2D eigenvalue weighted by molar-refractivity contribution is 7.85. The Kier molecular flexibility index (Phi) is 4.59. The summed E-state index contributed by atoms with van der Waals surface area (Å²) in [6.07, 6.45) is 0. The van der Waals surface area contributed by atoms with Gasteiger partial charge in [-0.3, -0.25) is 0 Å².